The van der Waals surface area contributed by atoms with Crippen LogP contribution in [0.5, 0.6) is 0 Å². The van der Waals surface area contributed by atoms with E-state index in [0.29, 0.717) is 44.2 Å². The summed E-state index contributed by atoms with van der Waals surface area (Å²) < 4.78 is 47.9. The van der Waals surface area contributed by atoms with Gasteiger partial charge in [-0.25, -0.2) is 29.9 Å². The molecule has 0 radical (unpaired) electrons. The molecular weight excluding hydrogens is 1710 g/mol. The topological polar surface area (TPSA) is 319 Å². The maximum Gasteiger partial charge on any atom is 0.328 e. The predicted molar refractivity (Wildman–Crippen MR) is 518 cm³/mol. The summed E-state index contributed by atoms with van der Waals surface area (Å²) >= 11 is 0. The summed E-state index contributed by atoms with van der Waals surface area (Å²) in [6.45, 7) is 12.2. The molecule has 0 unspecified atom stereocenters. The summed E-state index contributed by atoms with van der Waals surface area (Å²) in [5.41, 5.74) is 2.73. The number of carbonyl (C=O) groups excluding carboxylic acids is 8. The second-order valence-electron chi connectivity index (χ2n) is 33.0. The molecule has 2 aliphatic heterocycles. The minimum Gasteiger partial charge on any atom is -0.465 e. The van der Waals surface area contributed by atoms with Crippen molar-refractivity contribution < 1.29 is 76.3 Å². The molecule has 3 aromatic heterocycles. The molecule has 136 heavy (non-hydrogen) atoms. The van der Waals surface area contributed by atoms with Gasteiger partial charge in [0.05, 0.1) is 52.9 Å². The molecule has 0 saturated heterocycles. The molecule has 2 aliphatic rings. The van der Waals surface area contributed by atoms with E-state index in [2.05, 4.69) is 9.97 Å². The van der Waals surface area contributed by atoms with Crippen LogP contribution in [0.1, 0.15) is 99.9 Å². The number of aromatic amines is 2. The van der Waals surface area contributed by atoms with E-state index in [4.69, 9.17) is 67.8 Å². The Labute approximate surface area is 784 Å². The number of hydrogen-bond donors (Lipinski definition) is 2. The number of fused-ring (bicyclic) bond motifs is 20. The molecule has 0 fully saturated rings. The Morgan fingerprint density at radius 3 is 0.640 bits per heavy atom. The van der Waals surface area contributed by atoms with Crippen molar-refractivity contribution in [3.63, 3.8) is 0 Å². The highest BCUT2D eigenvalue weighted by Gasteiger charge is 2.55. The second kappa shape index (κ2) is 39.7. The summed E-state index contributed by atoms with van der Waals surface area (Å²) in [7, 11) is 0. The molecule has 682 valence electrons. The van der Waals surface area contributed by atoms with Crippen LogP contribution in [0.2, 0.25) is 0 Å². The van der Waals surface area contributed by atoms with Gasteiger partial charge in [-0.1, -0.05) is 267 Å². The van der Waals surface area contributed by atoms with Crippen LogP contribution in [0.25, 0.3) is 134 Å². The molecule has 8 bridgehead atoms. The van der Waals surface area contributed by atoms with Crippen molar-refractivity contribution in [2.24, 2.45) is 0 Å². The maximum absolute atomic E-state index is 15.6. The van der Waals surface area contributed by atoms with Crippen molar-refractivity contribution in [3.05, 3.63) is 336 Å². The number of esters is 8. The first-order valence-corrected chi connectivity index (χ1v) is 45.6. The summed E-state index contributed by atoms with van der Waals surface area (Å²) in [5, 5.41) is 1.24. The van der Waals surface area contributed by atoms with E-state index in [1.807, 2.05) is 218 Å². The molecule has 2 N–H and O–H groups in total. The van der Waals surface area contributed by atoms with E-state index >= 15 is 38.4 Å². The quantitative estimate of drug-likeness (QED) is 0.0225. The van der Waals surface area contributed by atoms with Gasteiger partial charge < -0.3 is 47.9 Å². The van der Waals surface area contributed by atoms with Crippen molar-refractivity contribution in [1.82, 2.24) is 39.9 Å². The van der Waals surface area contributed by atoms with Gasteiger partial charge >= 0.3 is 47.8 Å². The Morgan fingerprint density at radius 2 is 0.412 bits per heavy atom. The molecule has 0 spiro atoms. The predicted octanol–water partition coefficient (Wildman–Crippen LogP) is 20.0. The Balaban J connectivity index is 0.974. The maximum atomic E-state index is 15.6. The van der Waals surface area contributed by atoms with Crippen molar-refractivity contribution >= 4 is 91.9 Å². The first kappa shape index (κ1) is 91.6. The second-order valence-corrected chi connectivity index (χ2v) is 33.0. The lowest BCUT2D eigenvalue weighted by Crippen LogP contribution is -2.48. The number of H-pyrrole nitrogens is 2. The number of carbonyl (C=O) groups is 8. The number of rotatable bonds is 32. The number of aromatic nitrogens is 8. The summed E-state index contributed by atoms with van der Waals surface area (Å²) in [6, 6.07) is 89.1. The molecule has 0 aliphatic carbocycles. The molecule has 0 atom stereocenters. The molecule has 24 nitrogen and oxygen atoms in total. The first-order valence-electron chi connectivity index (χ1n) is 45.6. The van der Waals surface area contributed by atoms with Gasteiger partial charge in [0.2, 0.25) is 0 Å². The Morgan fingerprint density at radius 1 is 0.213 bits per heavy atom. The van der Waals surface area contributed by atoms with Crippen molar-refractivity contribution in [2.75, 3.05) is 52.9 Å². The Hall–Kier alpha value is -16.2. The van der Waals surface area contributed by atoms with E-state index in [9.17, 15) is 0 Å². The monoisotopic (exact) mass is 1810 g/mol. The third kappa shape index (κ3) is 17.4. The molecule has 12 aromatic carbocycles. The van der Waals surface area contributed by atoms with Gasteiger partial charge in [-0.05, 0) is 169 Å². The van der Waals surface area contributed by atoms with Gasteiger partial charge in [0.25, 0.3) is 0 Å². The third-order valence-electron chi connectivity index (χ3n) is 24.9. The fourth-order valence-electron chi connectivity index (χ4n) is 18.2. The highest BCUT2D eigenvalue weighted by Crippen LogP contribution is 2.47. The normalized spacial score (nSPS) is 11.8. The van der Waals surface area contributed by atoms with Gasteiger partial charge in [0.15, 0.2) is 45.0 Å². The van der Waals surface area contributed by atoms with Crippen molar-refractivity contribution in [3.8, 4) is 90.1 Å². The zero-order valence-electron chi connectivity index (χ0n) is 76.4. The fourth-order valence-corrected chi connectivity index (χ4v) is 18.2. The average molecular weight is 1810 g/mol. The zero-order chi connectivity index (χ0) is 94.8. The van der Waals surface area contributed by atoms with Gasteiger partial charge in [0, 0.05) is 69.5 Å². The SMILES string of the molecule is CCOC(=O)C(Cc1ccc(-c2ccccc2)cc1)(C(=O)OCC)c1ccc2c(c1)-c1nc-2nc2[nH]c(nc3nc(nc4[nH]c(n1)c1ccc(C(Cc5ccc(-c6ccccc6)cc5)(C(=O)OCC)C(=O)OCC)cc41)-c1cc(C(Cc4ccc(-c5ccccc5)cc4)(C(=O)OCC)C(=O)OCC)ccc1-3)c1cc(C(Cc3ccc(-c4ccccc4)cc3)(C(=O)OCC)C(=O)OCC)ccc21. The van der Waals surface area contributed by atoms with Crippen LogP contribution in [0.15, 0.2) is 291 Å². The number of nitrogens with one attached hydrogen (secondary N) is 2. The molecular formula is C112H98N8O16. The highest BCUT2D eigenvalue weighted by atomic mass is 16.6. The van der Waals surface area contributed by atoms with Gasteiger partial charge in [-0.2, -0.15) is 0 Å². The Bertz CT molecular complexity index is 7180. The van der Waals surface area contributed by atoms with Crippen LogP contribution in [-0.2, 0) is 124 Å². The smallest absolute Gasteiger partial charge is 0.328 e. The van der Waals surface area contributed by atoms with Crippen LogP contribution in [0, 0.1) is 0 Å². The minimum absolute atomic E-state index is 0.00340. The van der Waals surface area contributed by atoms with Crippen LogP contribution in [0.4, 0.5) is 0 Å². The van der Waals surface area contributed by atoms with Crippen molar-refractivity contribution in [1.29, 1.82) is 0 Å². The first-order chi connectivity index (χ1) is 66.2. The van der Waals surface area contributed by atoms with Gasteiger partial charge in [0.1, 0.15) is 22.6 Å². The number of benzene rings is 12. The largest absolute Gasteiger partial charge is 0.465 e. The summed E-state index contributed by atoms with van der Waals surface area (Å²) in [4.78, 5) is 164. The van der Waals surface area contributed by atoms with Crippen LogP contribution >= 0.6 is 0 Å². The fraction of sp³-hybridized carbons (Fsp3) is 0.214. The van der Waals surface area contributed by atoms with E-state index < -0.39 is 69.4 Å². The number of ether oxygens (including phenoxy) is 8. The van der Waals surface area contributed by atoms with E-state index in [0.717, 1.165) is 44.5 Å². The molecule has 0 saturated carbocycles. The molecule has 17 rings (SSSR count). The lowest BCUT2D eigenvalue weighted by Gasteiger charge is -2.30. The lowest BCUT2D eigenvalue weighted by atomic mass is 9.74. The van der Waals surface area contributed by atoms with E-state index in [1.165, 1.54) is 0 Å². The summed E-state index contributed by atoms with van der Waals surface area (Å²) in [5.74, 6) is -7.30. The number of hydrogen-bond acceptors (Lipinski definition) is 22. The molecule has 5 heterocycles. The van der Waals surface area contributed by atoms with E-state index in [-0.39, 0.29) is 169 Å². The highest BCUT2D eigenvalue weighted by molar-refractivity contribution is 6.14. The van der Waals surface area contributed by atoms with Crippen LogP contribution < -0.4 is 0 Å². The minimum atomic E-state index is -2.23. The third-order valence-corrected chi connectivity index (χ3v) is 24.9. The standard InChI is InChI=1S/C112H98N8O16/c1-9-129-101(121)109(102(122)130-10-2,65-69-37-45-77(46-38-69)73-29-21-17-22-30-73)81-53-57-85-89(61-81)97-114-93(85)113-94-86-58-54-82(110(103(123)131-11-3,104(124)132-12-4)66-70-39-47-78(48-40-70)74-31-23-18-24-32-74)62-90(86)98(115-94)117-96-88-60-56-84(112(107(127)135-15-7,108(128)136-16-8)68-72-43-51-80(52-44-72)76-35-27-20-28-36-76)64-92(88)100(119-96)120-99-91-63-83(55-59-87(91)95(116-97)118-99)111(105(125)133-13-5,106(126)134-14-6)67-71-41-49-79(50-42-71)75-33-25-19-26-34-75/h17-64H,9-16,65-68H2,1-8H3,(H2,113,114,115,116,117,118,119,120). The summed E-state index contributed by atoms with van der Waals surface area (Å²) in [6.07, 6.45) is -1.00. The number of nitrogens with zero attached hydrogens (tertiary/aromatic N) is 6. The molecule has 24 heteroatoms. The van der Waals surface area contributed by atoms with Crippen LogP contribution in [0.3, 0.4) is 0 Å². The zero-order valence-corrected chi connectivity index (χ0v) is 76.4. The van der Waals surface area contributed by atoms with Gasteiger partial charge in [-0.15, -0.1) is 0 Å². The molecule has 0 amide bonds. The lowest BCUT2D eigenvalue weighted by molar-refractivity contribution is -0.166. The average Bonchev–Trinajstić information content (AvgIpc) is 1.58. The van der Waals surface area contributed by atoms with E-state index in [1.54, 1.807) is 128 Å². The van der Waals surface area contributed by atoms with Crippen molar-refractivity contribution in [2.45, 2.75) is 103 Å². The molecule has 15 aromatic rings. The van der Waals surface area contributed by atoms with Gasteiger partial charge in [-0.3, -0.25) is 38.4 Å². The Kier molecular flexibility index (Phi) is 26.7. The van der Waals surface area contributed by atoms with Crippen LogP contribution in [-0.4, -0.2) is 140 Å².